The monoisotopic (exact) mass is 596 g/mol. The molecule has 4 rings (SSSR count). The summed E-state index contributed by atoms with van der Waals surface area (Å²) in [5, 5.41) is 17.1. The lowest BCUT2D eigenvalue weighted by molar-refractivity contribution is -0.173. The molecule has 13 nitrogen and oxygen atoms in total. The van der Waals surface area contributed by atoms with Crippen LogP contribution in [-0.2, 0) is 28.7 Å². The number of nitrogens with one attached hydrogen (secondary N) is 2. The van der Waals surface area contributed by atoms with E-state index in [1.54, 1.807) is 31.3 Å². The van der Waals surface area contributed by atoms with Crippen molar-refractivity contribution in [2.24, 2.45) is 0 Å². The SMILES string of the molecule is CN[C@@H](CC(=O)O)C(=O)COC(=O)c1cccc(Oc2ccccc2)c1.CN[C@H]1CCC(=O)N2CCC[C@@H](C=O)N2C1=O. The van der Waals surface area contributed by atoms with E-state index in [2.05, 4.69) is 10.6 Å². The number of amides is 2. The molecular formula is C30H36N4O9. The summed E-state index contributed by atoms with van der Waals surface area (Å²) in [6, 6.07) is 13.7. The van der Waals surface area contributed by atoms with E-state index in [0.29, 0.717) is 37.3 Å². The predicted molar refractivity (Wildman–Crippen MR) is 153 cm³/mol. The second kappa shape index (κ2) is 16.1. The topological polar surface area (TPSA) is 172 Å². The van der Waals surface area contributed by atoms with E-state index in [0.717, 1.165) is 12.7 Å². The van der Waals surface area contributed by atoms with Crippen LogP contribution >= 0.6 is 0 Å². The average molecular weight is 597 g/mol. The molecule has 0 saturated carbocycles. The maximum Gasteiger partial charge on any atom is 0.338 e. The van der Waals surface area contributed by atoms with E-state index in [-0.39, 0.29) is 29.8 Å². The Morgan fingerprint density at radius 3 is 2.42 bits per heavy atom. The van der Waals surface area contributed by atoms with Gasteiger partial charge in [-0.15, -0.1) is 0 Å². The van der Waals surface area contributed by atoms with Crippen LogP contribution in [0.25, 0.3) is 0 Å². The van der Waals surface area contributed by atoms with Gasteiger partial charge < -0.3 is 30.0 Å². The van der Waals surface area contributed by atoms with E-state index in [4.69, 9.17) is 14.6 Å². The zero-order chi connectivity index (χ0) is 31.4. The summed E-state index contributed by atoms with van der Waals surface area (Å²) in [5.74, 6) is -1.48. The molecule has 2 heterocycles. The van der Waals surface area contributed by atoms with Crippen LogP contribution in [-0.4, -0.2) is 96.3 Å². The Bertz CT molecular complexity index is 1300. The molecule has 0 aromatic heterocycles. The third kappa shape index (κ3) is 9.18. The fourth-order valence-electron chi connectivity index (χ4n) is 4.64. The number of hydrazine groups is 1. The van der Waals surface area contributed by atoms with Crippen molar-refractivity contribution in [3.05, 3.63) is 60.2 Å². The number of fused-ring (bicyclic) bond motifs is 1. The summed E-state index contributed by atoms with van der Waals surface area (Å²) in [6.45, 7) is 0.0206. The van der Waals surface area contributed by atoms with Crippen molar-refractivity contribution in [3.63, 3.8) is 0 Å². The summed E-state index contributed by atoms with van der Waals surface area (Å²) in [7, 11) is 3.17. The number of ketones is 1. The van der Waals surface area contributed by atoms with Gasteiger partial charge in [-0.05, 0) is 63.7 Å². The van der Waals surface area contributed by atoms with E-state index in [9.17, 15) is 28.8 Å². The smallest absolute Gasteiger partial charge is 0.338 e. The molecule has 0 spiro atoms. The average Bonchev–Trinajstić information content (AvgIpc) is 3.14. The van der Waals surface area contributed by atoms with Crippen LogP contribution in [0, 0.1) is 0 Å². The van der Waals surface area contributed by atoms with Gasteiger partial charge in [0.05, 0.1) is 24.1 Å². The van der Waals surface area contributed by atoms with Gasteiger partial charge in [0, 0.05) is 13.0 Å². The number of carboxylic acid groups (broad SMARTS) is 1. The molecule has 2 aliphatic rings. The van der Waals surface area contributed by atoms with E-state index in [1.807, 2.05) is 18.2 Å². The van der Waals surface area contributed by atoms with E-state index in [1.165, 1.54) is 29.2 Å². The molecule has 3 atom stereocenters. The highest BCUT2D eigenvalue weighted by Crippen LogP contribution is 2.24. The number of nitrogens with zero attached hydrogens (tertiary/aromatic N) is 2. The number of aldehydes is 1. The second-order valence-electron chi connectivity index (χ2n) is 9.85. The Hall–Kier alpha value is -4.62. The molecule has 2 aliphatic heterocycles. The molecule has 0 radical (unpaired) electrons. The molecule has 0 aliphatic carbocycles. The molecule has 0 bridgehead atoms. The zero-order valence-electron chi connectivity index (χ0n) is 24.1. The maximum atomic E-state index is 12.2. The Labute approximate surface area is 249 Å². The van der Waals surface area contributed by atoms with Gasteiger partial charge in [0.25, 0.3) is 5.91 Å². The Kier molecular flexibility index (Phi) is 12.3. The van der Waals surface area contributed by atoms with Crippen molar-refractivity contribution in [2.75, 3.05) is 27.2 Å². The van der Waals surface area contributed by atoms with Crippen molar-refractivity contribution in [1.82, 2.24) is 20.7 Å². The Morgan fingerprint density at radius 1 is 1.05 bits per heavy atom. The molecule has 43 heavy (non-hydrogen) atoms. The molecule has 3 N–H and O–H groups in total. The third-order valence-electron chi connectivity index (χ3n) is 6.92. The standard InChI is InChI=1S/C19H19NO6.C11H17N3O3/c1-20-16(11-18(22)23)17(21)12-25-19(24)13-6-5-9-15(10-13)26-14-7-3-2-4-8-14;1-12-9-4-5-10(16)13-6-2-3-8(7-15)14(13)11(9)17/h2-10,16,20H,11-12H2,1H3,(H,22,23);7-9,12H,2-6H2,1H3/t16-;8-,9-/m00/s1. The molecule has 13 heteroatoms. The van der Waals surface area contributed by atoms with Gasteiger partial charge in [-0.1, -0.05) is 24.3 Å². The number of esters is 1. The lowest BCUT2D eigenvalue weighted by Crippen LogP contribution is -2.60. The van der Waals surface area contributed by atoms with Gasteiger partial charge in [-0.25, -0.2) is 9.80 Å². The lowest BCUT2D eigenvalue weighted by Gasteiger charge is -2.41. The third-order valence-corrected chi connectivity index (χ3v) is 6.92. The summed E-state index contributed by atoms with van der Waals surface area (Å²) < 4.78 is 10.6. The Morgan fingerprint density at radius 2 is 1.77 bits per heavy atom. The van der Waals surface area contributed by atoms with Crippen LogP contribution in [0.15, 0.2) is 54.6 Å². The first-order valence-electron chi connectivity index (χ1n) is 13.9. The normalized spacial score (nSPS) is 18.7. The molecule has 2 aromatic rings. The van der Waals surface area contributed by atoms with Crippen LogP contribution in [0.3, 0.4) is 0 Å². The number of rotatable bonds is 11. The minimum atomic E-state index is -1.12. The van der Waals surface area contributed by atoms with Crippen molar-refractivity contribution in [3.8, 4) is 11.5 Å². The van der Waals surface area contributed by atoms with Crippen molar-refractivity contribution in [1.29, 1.82) is 0 Å². The van der Waals surface area contributed by atoms with Gasteiger partial charge in [0.15, 0.2) is 12.4 Å². The van der Waals surface area contributed by atoms with E-state index >= 15 is 0 Å². The van der Waals surface area contributed by atoms with Gasteiger partial charge in [-0.2, -0.15) is 0 Å². The predicted octanol–water partition coefficient (Wildman–Crippen LogP) is 1.57. The largest absolute Gasteiger partial charge is 0.481 e. The summed E-state index contributed by atoms with van der Waals surface area (Å²) >= 11 is 0. The fraction of sp³-hybridized carbons (Fsp3) is 0.400. The molecule has 2 fully saturated rings. The minimum absolute atomic E-state index is 0.0670. The number of likely N-dealkylation sites (N-methyl/N-ethyl adjacent to an activating group) is 2. The van der Waals surface area contributed by atoms with Crippen molar-refractivity contribution in [2.45, 2.75) is 50.2 Å². The van der Waals surface area contributed by atoms with Crippen LogP contribution in [0.5, 0.6) is 11.5 Å². The first kappa shape index (κ1) is 32.9. The van der Waals surface area contributed by atoms with Gasteiger partial charge in [0.2, 0.25) is 5.91 Å². The Balaban J connectivity index is 0.000000257. The number of aliphatic carboxylic acids is 1. The molecule has 230 valence electrons. The number of hydrogen-bond donors (Lipinski definition) is 3. The first-order valence-corrected chi connectivity index (χ1v) is 13.9. The number of para-hydroxylation sites is 1. The first-order chi connectivity index (χ1) is 20.7. The summed E-state index contributed by atoms with van der Waals surface area (Å²) in [5.41, 5.74) is 0.227. The zero-order valence-corrected chi connectivity index (χ0v) is 24.1. The number of carbonyl (C=O) groups is 6. The quantitative estimate of drug-likeness (QED) is 0.254. The molecule has 2 amide bonds. The van der Waals surface area contributed by atoms with Crippen LogP contribution in [0.1, 0.15) is 42.5 Å². The number of Topliss-reactive ketones (excluding diaryl/α,β-unsaturated/α-hetero) is 1. The second-order valence-corrected chi connectivity index (χ2v) is 9.85. The highest BCUT2D eigenvalue weighted by Gasteiger charge is 2.40. The van der Waals surface area contributed by atoms with Crippen LogP contribution in [0.4, 0.5) is 0 Å². The van der Waals surface area contributed by atoms with Gasteiger partial charge in [0.1, 0.15) is 23.8 Å². The molecule has 2 saturated heterocycles. The number of benzene rings is 2. The maximum absolute atomic E-state index is 12.2. The molecule has 2 aromatic carbocycles. The molecular weight excluding hydrogens is 560 g/mol. The number of carboxylic acids is 1. The highest BCUT2D eigenvalue weighted by molar-refractivity contribution is 5.94. The highest BCUT2D eigenvalue weighted by atomic mass is 16.5. The van der Waals surface area contributed by atoms with E-state index < -0.39 is 36.4 Å². The summed E-state index contributed by atoms with van der Waals surface area (Å²) in [6.07, 6.45) is 2.62. The van der Waals surface area contributed by atoms with Gasteiger partial charge in [-0.3, -0.25) is 24.2 Å². The van der Waals surface area contributed by atoms with Crippen molar-refractivity contribution >= 4 is 35.8 Å². The lowest BCUT2D eigenvalue weighted by atomic mass is 10.1. The minimum Gasteiger partial charge on any atom is -0.481 e. The summed E-state index contributed by atoms with van der Waals surface area (Å²) in [4.78, 5) is 69.9. The van der Waals surface area contributed by atoms with Crippen LogP contribution in [0.2, 0.25) is 0 Å². The number of carbonyl (C=O) groups excluding carboxylic acids is 5. The number of ether oxygens (including phenoxy) is 2. The fourth-order valence-corrected chi connectivity index (χ4v) is 4.64. The van der Waals surface area contributed by atoms with Crippen LogP contribution < -0.4 is 15.4 Å². The number of hydrogen-bond acceptors (Lipinski definition) is 10. The molecule has 0 unspecified atom stereocenters. The van der Waals surface area contributed by atoms with Crippen molar-refractivity contribution < 1.29 is 43.3 Å². The van der Waals surface area contributed by atoms with Gasteiger partial charge >= 0.3 is 11.9 Å².